The van der Waals surface area contributed by atoms with Crippen LogP contribution in [0.3, 0.4) is 0 Å². The summed E-state index contributed by atoms with van der Waals surface area (Å²) in [5.74, 6) is -1.21. The van der Waals surface area contributed by atoms with Crippen LogP contribution < -0.4 is 5.32 Å². The third-order valence-corrected chi connectivity index (χ3v) is 3.67. The average molecular weight is 303 g/mol. The van der Waals surface area contributed by atoms with E-state index in [1.54, 1.807) is 0 Å². The number of benzene rings is 1. The minimum Gasteiger partial charge on any atom is -0.478 e. The number of rotatable bonds is 4. The summed E-state index contributed by atoms with van der Waals surface area (Å²) >= 11 is 0. The van der Waals surface area contributed by atoms with E-state index in [-0.39, 0.29) is 17.7 Å². The Morgan fingerprint density at radius 2 is 2.05 bits per heavy atom. The van der Waals surface area contributed by atoms with Crippen LogP contribution in [0.2, 0.25) is 0 Å². The molecule has 1 aromatic carbocycles. The maximum atomic E-state index is 12.6. The fourth-order valence-electron chi connectivity index (χ4n) is 2.54. The van der Waals surface area contributed by atoms with Crippen LogP contribution in [0.1, 0.15) is 35.2 Å². The van der Waals surface area contributed by atoms with Crippen molar-refractivity contribution in [1.29, 1.82) is 0 Å². The second-order valence-electron chi connectivity index (χ2n) is 5.28. The van der Waals surface area contributed by atoms with Crippen LogP contribution in [0.25, 0.3) is 0 Å². The molecule has 0 aliphatic heterocycles. The molecule has 21 heavy (non-hydrogen) atoms. The van der Waals surface area contributed by atoms with Crippen molar-refractivity contribution in [3.63, 3.8) is 0 Å². The molecular weight excluding hydrogens is 287 g/mol. The Morgan fingerprint density at radius 3 is 2.57 bits per heavy atom. The molecule has 116 valence electrons. The molecule has 2 rings (SSSR count). The Balaban J connectivity index is 2.13. The van der Waals surface area contributed by atoms with Gasteiger partial charge in [-0.2, -0.15) is 13.2 Å². The summed E-state index contributed by atoms with van der Waals surface area (Å²) in [6.07, 6.45) is -2.78. The zero-order valence-electron chi connectivity index (χ0n) is 11.2. The zero-order chi connectivity index (χ0) is 15.6. The Kier molecular flexibility index (Phi) is 4.41. The van der Waals surface area contributed by atoms with E-state index >= 15 is 0 Å². The van der Waals surface area contributed by atoms with E-state index in [9.17, 15) is 23.1 Å². The number of carboxylic acids is 1. The number of hydrogen-bond donors (Lipinski definition) is 3. The highest BCUT2D eigenvalue weighted by Crippen LogP contribution is 2.32. The number of carbonyl (C=O) groups is 1. The summed E-state index contributed by atoms with van der Waals surface area (Å²) < 4.78 is 37.8. The topological polar surface area (TPSA) is 69.6 Å². The summed E-state index contributed by atoms with van der Waals surface area (Å²) in [6.45, 7) is 0.433. The highest BCUT2D eigenvalue weighted by Gasteiger charge is 2.32. The standard InChI is InChI=1S/C14H16F3NO3/c15-14(16,17)9-2-4-12(11(6-9)13(20)21)18-7-8-1-3-10(19)5-8/h2,4,6,8,10,18-19H,1,3,5,7H2,(H,20,21). The first-order valence-corrected chi connectivity index (χ1v) is 6.64. The van der Waals surface area contributed by atoms with E-state index in [1.165, 1.54) is 0 Å². The first-order chi connectivity index (χ1) is 9.77. The second kappa shape index (κ2) is 5.93. The summed E-state index contributed by atoms with van der Waals surface area (Å²) in [5, 5.41) is 21.3. The quantitative estimate of drug-likeness (QED) is 0.800. The smallest absolute Gasteiger partial charge is 0.416 e. The lowest BCUT2D eigenvalue weighted by Crippen LogP contribution is -2.16. The molecule has 4 nitrogen and oxygen atoms in total. The average Bonchev–Trinajstić information content (AvgIpc) is 2.80. The van der Waals surface area contributed by atoms with Gasteiger partial charge in [0.1, 0.15) is 0 Å². The Hall–Kier alpha value is -1.76. The lowest BCUT2D eigenvalue weighted by atomic mass is 10.1. The van der Waals surface area contributed by atoms with E-state index in [0.29, 0.717) is 25.5 Å². The fraction of sp³-hybridized carbons (Fsp3) is 0.500. The molecule has 3 N–H and O–H groups in total. The van der Waals surface area contributed by atoms with Crippen LogP contribution >= 0.6 is 0 Å². The van der Waals surface area contributed by atoms with Crippen molar-refractivity contribution in [3.8, 4) is 0 Å². The van der Waals surface area contributed by atoms with Crippen molar-refractivity contribution in [2.75, 3.05) is 11.9 Å². The molecule has 2 unspecified atom stereocenters. The van der Waals surface area contributed by atoms with Gasteiger partial charge in [0.2, 0.25) is 0 Å². The van der Waals surface area contributed by atoms with Crippen molar-refractivity contribution in [2.24, 2.45) is 5.92 Å². The molecule has 1 aromatic rings. The fourth-order valence-corrected chi connectivity index (χ4v) is 2.54. The third-order valence-electron chi connectivity index (χ3n) is 3.67. The van der Waals surface area contributed by atoms with Gasteiger partial charge in [-0.15, -0.1) is 0 Å². The molecule has 1 fully saturated rings. The van der Waals surface area contributed by atoms with E-state index in [2.05, 4.69) is 5.32 Å². The molecular formula is C14H16F3NO3. The van der Waals surface area contributed by atoms with Crippen LogP contribution in [-0.4, -0.2) is 28.8 Å². The van der Waals surface area contributed by atoms with Crippen molar-refractivity contribution in [2.45, 2.75) is 31.5 Å². The van der Waals surface area contributed by atoms with Gasteiger partial charge in [-0.05, 0) is 43.4 Å². The molecule has 0 radical (unpaired) electrons. The number of aliphatic hydroxyl groups is 1. The first kappa shape index (κ1) is 15.6. The molecule has 0 spiro atoms. The van der Waals surface area contributed by atoms with Crippen LogP contribution in [-0.2, 0) is 6.18 Å². The predicted molar refractivity (Wildman–Crippen MR) is 70.2 cm³/mol. The van der Waals surface area contributed by atoms with Crippen molar-refractivity contribution in [1.82, 2.24) is 0 Å². The van der Waals surface area contributed by atoms with Crippen molar-refractivity contribution < 1.29 is 28.2 Å². The van der Waals surface area contributed by atoms with Gasteiger partial charge >= 0.3 is 12.1 Å². The molecule has 1 aliphatic carbocycles. The number of halogens is 3. The second-order valence-corrected chi connectivity index (χ2v) is 5.28. The highest BCUT2D eigenvalue weighted by molar-refractivity contribution is 5.94. The van der Waals surface area contributed by atoms with E-state index < -0.39 is 23.3 Å². The van der Waals surface area contributed by atoms with Gasteiger partial charge in [-0.1, -0.05) is 0 Å². The van der Waals surface area contributed by atoms with Crippen LogP contribution in [0.15, 0.2) is 18.2 Å². The summed E-state index contributed by atoms with van der Waals surface area (Å²) in [7, 11) is 0. The zero-order valence-corrected chi connectivity index (χ0v) is 11.2. The van der Waals surface area contributed by atoms with Gasteiger partial charge in [0, 0.05) is 12.2 Å². The summed E-state index contributed by atoms with van der Waals surface area (Å²) in [5.41, 5.74) is -1.22. The molecule has 7 heteroatoms. The van der Waals surface area contributed by atoms with Crippen LogP contribution in [0, 0.1) is 5.92 Å². The van der Waals surface area contributed by atoms with Crippen molar-refractivity contribution >= 4 is 11.7 Å². The first-order valence-electron chi connectivity index (χ1n) is 6.64. The van der Waals surface area contributed by atoms with E-state index in [1.807, 2.05) is 0 Å². The molecule has 2 atom stereocenters. The third kappa shape index (κ3) is 3.87. The largest absolute Gasteiger partial charge is 0.478 e. The lowest BCUT2D eigenvalue weighted by molar-refractivity contribution is -0.137. The minimum atomic E-state index is -4.57. The number of aliphatic hydroxyl groups excluding tert-OH is 1. The molecule has 0 aromatic heterocycles. The van der Waals surface area contributed by atoms with Gasteiger partial charge in [0.05, 0.1) is 17.2 Å². The Morgan fingerprint density at radius 1 is 1.33 bits per heavy atom. The molecule has 0 saturated heterocycles. The Bertz CT molecular complexity index is 531. The molecule has 0 amide bonds. The minimum absolute atomic E-state index is 0.164. The van der Waals surface area contributed by atoms with Gasteiger partial charge in [0.15, 0.2) is 0 Å². The van der Waals surface area contributed by atoms with Gasteiger partial charge < -0.3 is 15.5 Å². The number of alkyl halides is 3. The lowest BCUT2D eigenvalue weighted by Gasteiger charge is -2.15. The van der Waals surface area contributed by atoms with Crippen molar-refractivity contribution in [3.05, 3.63) is 29.3 Å². The molecule has 1 aliphatic rings. The molecule has 1 saturated carbocycles. The van der Waals surface area contributed by atoms with Gasteiger partial charge in [-0.3, -0.25) is 0 Å². The van der Waals surface area contributed by atoms with Gasteiger partial charge in [0.25, 0.3) is 0 Å². The van der Waals surface area contributed by atoms with Gasteiger partial charge in [-0.25, -0.2) is 4.79 Å². The summed E-state index contributed by atoms with van der Waals surface area (Å²) in [6, 6.07) is 2.63. The number of carboxylic acid groups (broad SMARTS) is 1. The number of hydrogen-bond acceptors (Lipinski definition) is 3. The molecule has 0 heterocycles. The maximum Gasteiger partial charge on any atom is 0.416 e. The number of anilines is 1. The number of aromatic carboxylic acids is 1. The maximum absolute atomic E-state index is 12.6. The molecule has 0 bridgehead atoms. The highest BCUT2D eigenvalue weighted by atomic mass is 19.4. The monoisotopic (exact) mass is 303 g/mol. The normalized spacial score (nSPS) is 22.3. The van der Waals surface area contributed by atoms with Crippen LogP contribution in [0.5, 0.6) is 0 Å². The number of nitrogens with one attached hydrogen (secondary N) is 1. The van der Waals surface area contributed by atoms with Crippen LogP contribution in [0.4, 0.5) is 18.9 Å². The SMILES string of the molecule is O=C(O)c1cc(C(F)(F)F)ccc1NCC1CCC(O)C1. The van der Waals surface area contributed by atoms with E-state index in [0.717, 1.165) is 18.6 Å². The van der Waals surface area contributed by atoms with E-state index in [4.69, 9.17) is 5.11 Å². The summed E-state index contributed by atoms with van der Waals surface area (Å²) in [4.78, 5) is 11.1. The Labute approximate surface area is 119 Å². The predicted octanol–water partition coefficient (Wildman–Crippen LogP) is 2.98.